The van der Waals surface area contributed by atoms with E-state index < -0.39 is 12.0 Å². The van der Waals surface area contributed by atoms with Gasteiger partial charge in [0.15, 0.2) is 0 Å². The first-order valence-electron chi connectivity index (χ1n) is 6.47. The second-order valence-electron chi connectivity index (χ2n) is 4.45. The van der Waals surface area contributed by atoms with Crippen LogP contribution in [0.1, 0.15) is 13.3 Å². The molecule has 0 radical (unpaired) electrons. The van der Waals surface area contributed by atoms with E-state index in [0.717, 1.165) is 11.3 Å². The van der Waals surface area contributed by atoms with Crippen LogP contribution < -0.4 is 0 Å². The molecule has 1 N–H and O–H groups in total. The van der Waals surface area contributed by atoms with Crippen molar-refractivity contribution >= 4 is 35.4 Å². The number of amides is 1. The normalized spacial score (nSPS) is 21.9. The Hall–Kier alpha value is -1.14. The Morgan fingerprint density at radius 3 is 2.70 bits per heavy atom. The SMILES string of the molecule is CCC1SCC(C(=O)O)N1C(=O)CSc1ccccc1. The van der Waals surface area contributed by atoms with Crippen molar-refractivity contribution in [1.82, 2.24) is 4.90 Å². The van der Waals surface area contributed by atoms with Crippen LogP contribution >= 0.6 is 23.5 Å². The monoisotopic (exact) mass is 311 g/mol. The number of hydrogen-bond acceptors (Lipinski definition) is 4. The maximum atomic E-state index is 12.3. The molecule has 1 aliphatic heterocycles. The molecule has 20 heavy (non-hydrogen) atoms. The summed E-state index contributed by atoms with van der Waals surface area (Å²) in [6.07, 6.45) is 0.774. The first kappa shape index (κ1) is 15.3. The second kappa shape index (κ2) is 7.04. The van der Waals surface area contributed by atoms with E-state index in [0.29, 0.717) is 5.75 Å². The van der Waals surface area contributed by atoms with E-state index >= 15 is 0 Å². The first-order valence-corrected chi connectivity index (χ1v) is 8.50. The van der Waals surface area contributed by atoms with Gasteiger partial charge in [-0.15, -0.1) is 23.5 Å². The van der Waals surface area contributed by atoms with Gasteiger partial charge in [0.1, 0.15) is 6.04 Å². The van der Waals surface area contributed by atoms with E-state index in [4.69, 9.17) is 0 Å². The maximum Gasteiger partial charge on any atom is 0.327 e. The predicted octanol–water partition coefficient (Wildman–Crippen LogP) is 2.54. The maximum absolute atomic E-state index is 12.3. The highest BCUT2D eigenvalue weighted by atomic mass is 32.2. The zero-order valence-electron chi connectivity index (χ0n) is 11.2. The standard InChI is InChI=1S/C14H17NO3S2/c1-2-13-15(11(8-20-13)14(17)18)12(16)9-19-10-6-4-3-5-7-10/h3-7,11,13H,2,8-9H2,1H3,(H,17,18). The summed E-state index contributed by atoms with van der Waals surface area (Å²) in [5, 5.41) is 9.20. The fourth-order valence-electron chi connectivity index (χ4n) is 2.14. The number of thioether (sulfide) groups is 2. The van der Waals surface area contributed by atoms with Gasteiger partial charge in [0, 0.05) is 10.6 Å². The Morgan fingerprint density at radius 1 is 1.40 bits per heavy atom. The summed E-state index contributed by atoms with van der Waals surface area (Å²) < 4.78 is 0. The van der Waals surface area contributed by atoms with Crippen LogP contribution in [0.5, 0.6) is 0 Å². The molecule has 1 saturated heterocycles. The third kappa shape index (κ3) is 3.49. The number of hydrogen-bond donors (Lipinski definition) is 1. The fraction of sp³-hybridized carbons (Fsp3) is 0.429. The average molecular weight is 311 g/mol. The molecular formula is C14H17NO3S2. The van der Waals surface area contributed by atoms with E-state index in [9.17, 15) is 14.7 Å². The lowest BCUT2D eigenvalue weighted by Gasteiger charge is -2.26. The molecular weight excluding hydrogens is 294 g/mol. The fourth-order valence-corrected chi connectivity index (χ4v) is 4.30. The van der Waals surface area contributed by atoms with Crippen LogP contribution in [0.2, 0.25) is 0 Å². The molecule has 1 aromatic rings. The van der Waals surface area contributed by atoms with Gasteiger partial charge in [0.2, 0.25) is 5.91 Å². The molecule has 1 amide bonds. The van der Waals surface area contributed by atoms with Crippen molar-refractivity contribution in [2.75, 3.05) is 11.5 Å². The number of aliphatic carboxylic acids is 1. The molecule has 108 valence electrons. The van der Waals surface area contributed by atoms with Crippen LogP contribution in [0.25, 0.3) is 0 Å². The lowest BCUT2D eigenvalue weighted by Crippen LogP contribution is -2.46. The lowest BCUT2D eigenvalue weighted by atomic mass is 10.2. The summed E-state index contributed by atoms with van der Waals surface area (Å²) >= 11 is 3.00. The van der Waals surface area contributed by atoms with Gasteiger partial charge in [0.25, 0.3) is 0 Å². The molecule has 1 fully saturated rings. The van der Waals surface area contributed by atoms with Crippen molar-refractivity contribution in [1.29, 1.82) is 0 Å². The Kier molecular flexibility index (Phi) is 5.37. The van der Waals surface area contributed by atoms with Crippen LogP contribution in [0.15, 0.2) is 35.2 Å². The summed E-state index contributed by atoms with van der Waals surface area (Å²) in [5.74, 6) is -0.241. The number of benzene rings is 1. The van der Waals surface area contributed by atoms with Crippen molar-refractivity contribution in [2.45, 2.75) is 29.7 Å². The Labute approximate surface area is 126 Å². The van der Waals surface area contributed by atoms with Crippen LogP contribution in [0, 0.1) is 0 Å². The van der Waals surface area contributed by atoms with Gasteiger partial charge in [-0.1, -0.05) is 25.1 Å². The molecule has 6 heteroatoms. The van der Waals surface area contributed by atoms with Gasteiger partial charge in [-0.2, -0.15) is 0 Å². The van der Waals surface area contributed by atoms with Crippen molar-refractivity contribution in [3.05, 3.63) is 30.3 Å². The van der Waals surface area contributed by atoms with E-state index in [1.54, 1.807) is 16.7 Å². The number of carboxylic acids is 1. The quantitative estimate of drug-likeness (QED) is 0.847. The summed E-state index contributed by atoms with van der Waals surface area (Å²) in [4.78, 5) is 26.1. The Morgan fingerprint density at radius 2 is 2.10 bits per heavy atom. The highest BCUT2D eigenvalue weighted by Gasteiger charge is 2.40. The third-order valence-electron chi connectivity index (χ3n) is 3.12. The molecule has 2 rings (SSSR count). The summed E-state index contributed by atoms with van der Waals surface area (Å²) in [6, 6.07) is 8.98. The van der Waals surface area contributed by atoms with Gasteiger partial charge in [-0.3, -0.25) is 4.79 Å². The molecule has 0 spiro atoms. The molecule has 1 aromatic carbocycles. The summed E-state index contributed by atoms with van der Waals surface area (Å²) in [5.41, 5.74) is 0. The van der Waals surface area contributed by atoms with Crippen molar-refractivity contribution in [2.24, 2.45) is 0 Å². The number of rotatable bonds is 5. The minimum atomic E-state index is -0.911. The number of carboxylic acid groups (broad SMARTS) is 1. The highest BCUT2D eigenvalue weighted by molar-refractivity contribution is 8.00. The van der Waals surface area contributed by atoms with Gasteiger partial charge < -0.3 is 10.0 Å². The smallest absolute Gasteiger partial charge is 0.327 e. The zero-order chi connectivity index (χ0) is 14.5. The first-order chi connectivity index (χ1) is 9.63. The minimum Gasteiger partial charge on any atom is -0.480 e. The number of nitrogens with zero attached hydrogens (tertiary/aromatic N) is 1. The molecule has 1 aliphatic rings. The Bertz CT molecular complexity index is 481. The number of carbonyl (C=O) groups excluding carboxylic acids is 1. The Balaban J connectivity index is 2.00. The molecule has 0 saturated carbocycles. The van der Waals surface area contributed by atoms with E-state index in [2.05, 4.69) is 0 Å². The molecule has 0 bridgehead atoms. The van der Waals surface area contributed by atoms with E-state index in [-0.39, 0.29) is 17.0 Å². The van der Waals surface area contributed by atoms with Gasteiger partial charge in [-0.25, -0.2) is 4.79 Å². The molecule has 2 unspecified atom stereocenters. The molecule has 0 aliphatic carbocycles. The van der Waals surface area contributed by atoms with Crippen LogP contribution in [-0.4, -0.2) is 44.8 Å². The largest absolute Gasteiger partial charge is 0.480 e. The molecule has 4 nitrogen and oxygen atoms in total. The molecule has 1 heterocycles. The van der Waals surface area contributed by atoms with E-state index in [1.807, 2.05) is 37.3 Å². The van der Waals surface area contributed by atoms with Gasteiger partial charge >= 0.3 is 5.97 Å². The van der Waals surface area contributed by atoms with Crippen LogP contribution in [0.3, 0.4) is 0 Å². The van der Waals surface area contributed by atoms with Crippen LogP contribution in [-0.2, 0) is 9.59 Å². The summed E-state index contributed by atoms with van der Waals surface area (Å²) in [7, 11) is 0. The van der Waals surface area contributed by atoms with Crippen molar-refractivity contribution in [3.8, 4) is 0 Å². The van der Waals surface area contributed by atoms with Gasteiger partial charge in [-0.05, 0) is 18.6 Å². The second-order valence-corrected chi connectivity index (χ2v) is 6.71. The minimum absolute atomic E-state index is 0.0139. The molecule has 2 atom stereocenters. The van der Waals surface area contributed by atoms with Gasteiger partial charge in [0.05, 0.1) is 11.1 Å². The van der Waals surface area contributed by atoms with Crippen LogP contribution in [0.4, 0.5) is 0 Å². The van der Waals surface area contributed by atoms with Crippen molar-refractivity contribution < 1.29 is 14.7 Å². The highest BCUT2D eigenvalue weighted by Crippen LogP contribution is 2.32. The number of carbonyl (C=O) groups is 2. The lowest BCUT2D eigenvalue weighted by molar-refractivity contribution is -0.148. The molecule has 0 aromatic heterocycles. The predicted molar refractivity (Wildman–Crippen MR) is 82.0 cm³/mol. The summed E-state index contributed by atoms with van der Waals surface area (Å²) in [6.45, 7) is 1.98. The van der Waals surface area contributed by atoms with Crippen molar-refractivity contribution in [3.63, 3.8) is 0 Å². The average Bonchev–Trinajstić information content (AvgIpc) is 2.90. The zero-order valence-corrected chi connectivity index (χ0v) is 12.8. The van der Waals surface area contributed by atoms with E-state index in [1.165, 1.54) is 11.8 Å². The third-order valence-corrected chi connectivity index (χ3v) is 5.57. The topological polar surface area (TPSA) is 57.6 Å².